The molecule has 0 aromatic carbocycles. The van der Waals surface area contributed by atoms with Gasteiger partial charge in [-0.25, -0.2) is 9.78 Å². The number of nitrogens with zero attached hydrogens (tertiary/aromatic N) is 1. The number of aliphatic carboxylic acids is 1. The predicted molar refractivity (Wildman–Crippen MR) is 138 cm³/mol. The van der Waals surface area contributed by atoms with E-state index < -0.39 is 53.8 Å². The number of aromatic nitrogens is 2. The van der Waals surface area contributed by atoms with Gasteiger partial charge in [-0.15, -0.1) is 0 Å². The summed E-state index contributed by atoms with van der Waals surface area (Å²) in [5.74, 6) is -4.05. The summed E-state index contributed by atoms with van der Waals surface area (Å²) >= 11 is 0. The molecule has 0 aliphatic heterocycles. The van der Waals surface area contributed by atoms with E-state index in [4.69, 9.17) is 22.9 Å². The van der Waals surface area contributed by atoms with Crippen molar-refractivity contribution >= 4 is 29.6 Å². The van der Waals surface area contributed by atoms with Gasteiger partial charge in [0.1, 0.15) is 18.1 Å². The van der Waals surface area contributed by atoms with Crippen molar-refractivity contribution in [2.75, 3.05) is 13.1 Å². The molecule has 4 unspecified atom stereocenters. The molecule has 1 aromatic heterocycles. The summed E-state index contributed by atoms with van der Waals surface area (Å²) in [7, 11) is 0. The van der Waals surface area contributed by atoms with Crippen LogP contribution >= 0.6 is 0 Å². The molecule has 0 aliphatic rings. The first-order valence-corrected chi connectivity index (χ1v) is 12.6. The maximum absolute atomic E-state index is 13.2. The highest BCUT2D eigenvalue weighted by Crippen LogP contribution is 2.07. The first-order chi connectivity index (χ1) is 18.1. The van der Waals surface area contributed by atoms with E-state index >= 15 is 0 Å². The van der Waals surface area contributed by atoms with Crippen LogP contribution in [0.1, 0.15) is 57.1 Å². The molecular formula is C23H41N9O6. The second-order valence-corrected chi connectivity index (χ2v) is 8.98. The number of nitrogens with one attached hydrogen (secondary N) is 4. The van der Waals surface area contributed by atoms with Gasteiger partial charge >= 0.3 is 5.97 Å². The number of primary amides is 1. The van der Waals surface area contributed by atoms with Crippen LogP contribution in [0.4, 0.5) is 0 Å². The van der Waals surface area contributed by atoms with Gasteiger partial charge in [0.05, 0.1) is 12.4 Å². The Morgan fingerprint density at radius 1 is 0.842 bits per heavy atom. The Kier molecular flexibility index (Phi) is 15.2. The third-order valence-electron chi connectivity index (χ3n) is 5.79. The molecule has 0 fully saturated rings. The van der Waals surface area contributed by atoms with Crippen molar-refractivity contribution in [3.8, 4) is 0 Å². The number of carbonyl (C=O) groups excluding carboxylic acids is 4. The van der Waals surface area contributed by atoms with E-state index in [1.165, 1.54) is 12.5 Å². The minimum absolute atomic E-state index is 0.00803. The normalized spacial score (nSPS) is 14.1. The molecule has 1 aromatic rings. The summed E-state index contributed by atoms with van der Waals surface area (Å²) < 4.78 is 0. The molecule has 0 aliphatic carbocycles. The topological polar surface area (TPSA) is 274 Å². The Morgan fingerprint density at radius 3 is 1.97 bits per heavy atom. The maximum Gasteiger partial charge on any atom is 0.326 e. The van der Waals surface area contributed by atoms with E-state index in [9.17, 15) is 29.1 Å². The molecule has 1 rings (SSSR count). The number of hydrogen-bond acceptors (Lipinski definition) is 9. The standard InChI is InChI=1S/C23H41N9O6/c24-9-3-1-5-15(26)20(34)32-18(11-14-12-28-13-29-14)22(36)30-16(7-8-19(27)33)21(35)31-17(23(37)38)6-2-4-10-25/h12-13,15-18H,1-11,24-26H2,(H2,27,33)(H,28,29)(H,30,36)(H,31,35)(H,32,34)(H,37,38). The van der Waals surface area contributed by atoms with Gasteiger partial charge in [-0.05, 0) is 51.6 Å². The fraction of sp³-hybridized carbons (Fsp3) is 0.652. The van der Waals surface area contributed by atoms with Crippen molar-refractivity contribution < 1.29 is 29.1 Å². The van der Waals surface area contributed by atoms with Gasteiger partial charge in [0.2, 0.25) is 23.6 Å². The van der Waals surface area contributed by atoms with Gasteiger partial charge < -0.3 is 49.0 Å². The summed E-state index contributed by atoms with van der Waals surface area (Å²) in [4.78, 5) is 68.6. The summed E-state index contributed by atoms with van der Waals surface area (Å²) in [5, 5.41) is 17.0. The van der Waals surface area contributed by atoms with E-state index in [2.05, 4.69) is 25.9 Å². The Bertz CT molecular complexity index is 896. The highest BCUT2D eigenvalue weighted by Gasteiger charge is 2.30. The zero-order valence-electron chi connectivity index (χ0n) is 21.5. The number of rotatable bonds is 20. The fourth-order valence-electron chi connectivity index (χ4n) is 3.59. The molecule has 0 spiro atoms. The van der Waals surface area contributed by atoms with Crippen LogP contribution < -0.4 is 38.9 Å². The van der Waals surface area contributed by atoms with Crippen LogP contribution in [-0.2, 0) is 30.4 Å². The fourth-order valence-corrected chi connectivity index (χ4v) is 3.59. The molecule has 38 heavy (non-hydrogen) atoms. The monoisotopic (exact) mass is 539 g/mol. The Hall–Kier alpha value is -3.56. The molecule has 0 bridgehead atoms. The van der Waals surface area contributed by atoms with E-state index in [0.29, 0.717) is 50.9 Å². The quantitative estimate of drug-likeness (QED) is 0.0775. The van der Waals surface area contributed by atoms with Crippen molar-refractivity contribution in [1.82, 2.24) is 25.9 Å². The van der Waals surface area contributed by atoms with Crippen LogP contribution in [0.2, 0.25) is 0 Å². The molecule has 4 atom stereocenters. The van der Waals surface area contributed by atoms with Crippen LogP contribution in [0.15, 0.2) is 12.5 Å². The van der Waals surface area contributed by atoms with Gasteiger partial charge in [-0.2, -0.15) is 0 Å². The van der Waals surface area contributed by atoms with Crippen LogP contribution in [0.25, 0.3) is 0 Å². The van der Waals surface area contributed by atoms with Gasteiger partial charge in [0.15, 0.2) is 0 Å². The van der Waals surface area contributed by atoms with E-state index in [1.54, 1.807) is 0 Å². The van der Waals surface area contributed by atoms with E-state index in [1.807, 2.05) is 0 Å². The van der Waals surface area contributed by atoms with Gasteiger partial charge in [-0.1, -0.05) is 6.42 Å². The Labute approximate surface area is 221 Å². The SMILES string of the molecule is NCCCCC(N)C(=O)NC(Cc1cnc[nH]1)C(=O)NC(CCC(N)=O)C(=O)NC(CCCCN)C(=O)O. The summed E-state index contributed by atoms with van der Waals surface area (Å²) in [6.45, 7) is 0.835. The Balaban J connectivity index is 3.01. The molecule has 1 heterocycles. The lowest BCUT2D eigenvalue weighted by Crippen LogP contribution is -2.57. The predicted octanol–water partition coefficient (Wildman–Crippen LogP) is -2.66. The average Bonchev–Trinajstić information content (AvgIpc) is 3.38. The highest BCUT2D eigenvalue weighted by atomic mass is 16.4. The molecule has 0 saturated heterocycles. The number of nitrogens with two attached hydrogens (primary N) is 4. The van der Waals surface area contributed by atoms with Crippen molar-refractivity contribution in [3.63, 3.8) is 0 Å². The van der Waals surface area contributed by atoms with Crippen LogP contribution in [-0.4, -0.2) is 81.9 Å². The number of carbonyl (C=O) groups is 5. The molecule has 214 valence electrons. The number of hydrogen-bond donors (Lipinski definition) is 9. The van der Waals surface area contributed by atoms with Gasteiger partial charge in [0.25, 0.3) is 0 Å². The van der Waals surface area contributed by atoms with Crippen molar-refractivity contribution in [2.24, 2.45) is 22.9 Å². The molecule has 15 heteroatoms. The number of aromatic amines is 1. The van der Waals surface area contributed by atoms with Crippen LogP contribution in [0.3, 0.4) is 0 Å². The summed E-state index contributed by atoms with van der Waals surface area (Å²) in [6.07, 6.45) is 5.34. The molecule has 4 amide bonds. The first-order valence-electron chi connectivity index (χ1n) is 12.6. The number of carboxylic acids is 1. The third-order valence-corrected chi connectivity index (χ3v) is 5.79. The van der Waals surface area contributed by atoms with Gasteiger partial charge in [0, 0.05) is 24.7 Å². The Morgan fingerprint density at radius 2 is 1.42 bits per heavy atom. The molecule has 0 radical (unpaired) electrons. The van der Waals surface area contributed by atoms with Crippen LogP contribution in [0, 0.1) is 0 Å². The lowest BCUT2D eigenvalue weighted by atomic mass is 10.0. The zero-order valence-corrected chi connectivity index (χ0v) is 21.5. The first kappa shape index (κ1) is 32.5. The van der Waals surface area contributed by atoms with Crippen molar-refractivity contribution in [1.29, 1.82) is 0 Å². The highest BCUT2D eigenvalue weighted by molar-refractivity contribution is 5.94. The second-order valence-electron chi connectivity index (χ2n) is 8.98. The number of unbranched alkanes of at least 4 members (excludes halogenated alkanes) is 2. The van der Waals surface area contributed by atoms with Crippen molar-refractivity contribution in [3.05, 3.63) is 18.2 Å². The average molecular weight is 540 g/mol. The second kappa shape index (κ2) is 17.8. The summed E-state index contributed by atoms with van der Waals surface area (Å²) in [6, 6.07) is -4.52. The number of H-pyrrole nitrogens is 1. The van der Waals surface area contributed by atoms with E-state index in [-0.39, 0.29) is 25.7 Å². The number of amides is 4. The summed E-state index contributed by atoms with van der Waals surface area (Å²) in [5.41, 5.74) is 22.6. The molecule has 0 saturated carbocycles. The van der Waals surface area contributed by atoms with Crippen molar-refractivity contribution in [2.45, 2.75) is 82.0 Å². The van der Waals surface area contributed by atoms with Crippen LogP contribution in [0.5, 0.6) is 0 Å². The number of carboxylic acid groups (broad SMARTS) is 1. The minimum atomic E-state index is -1.29. The lowest BCUT2D eigenvalue weighted by molar-refractivity contribution is -0.142. The molecular weight excluding hydrogens is 498 g/mol. The molecule has 13 N–H and O–H groups in total. The smallest absolute Gasteiger partial charge is 0.326 e. The third kappa shape index (κ3) is 12.6. The minimum Gasteiger partial charge on any atom is -0.480 e. The lowest BCUT2D eigenvalue weighted by Gasteiger charge is -2.25. The van der Waals surface area contributed by atoms with E-state index in [0.717, 1.165) is 0 Å². The largest absolute Gasteiger partial charge is 0.480 e. The number of imidazole rings is 1. The molecule has 15 nitrogen and oxygen atoms in total. The maximum atomic E-state index is 13.2. The zero-order chi connectivity index (χ0) is 28.5. The van der Waals surface area contributed by atoms with Gasteiger partial charge in [-0.3, -0.25) is 19.2 Å².